The van der Waals surface area contributed by atoms with Gasteiger partial charge in [-0.3, -0.25) is 0 Å². The van der Waals surface area contributed by atoms with Crippen molar-refractivity contribution in [3.05, 3.63) is 0 Å². The van der Waals surface area contributed by atoms with E-state index in [0.29, 0.717) is 5.54 Å². The zero-order chi connectivity index (χ0) is 8.86. The summed E-state index contributed by atoms with van der Waals surface area (Å²) in [5.41, 5.74) is 0.573. The van der Waals surface area contributed by atoms with Crippen molar-refractivity contribution in [2.45, 2.75) is 45.1 Å². The second kappa shape index (κ2) is 4.83. The van der Waals surface area contributed by atoms with Gasteiger partial charge >= 0.3 is 0 Å². The molecule has 0 aliphatic carbocycles. The summed E-state index contributed by atoms with van der Waals surface area (Å²) in [5.74, 6) is 0. The summed E-state index contributed by atoms with van der Waals surface area (Å²) in [7, 11) is 0. The van der Waals surface area contributed by atoms with Crippen molar-refractivity contribution >= 4 is 0 Å². The first-order valence-corrected chi connectivity index (χ1v) is 5.37. The van der Waals surface area contributed by atoms with E-state index in [0.717, 1.165) is 0 Å². The summed E-state index contributed by atoms with van der Waals surface area (Å²) in [6, 6.07) is 0. The molecule has 12 heavy (non-hydrogen) atoms. The van der Waals surface area contributed by atoms with E-state index in [9.17, 15) is 0 Å². The quantitative estimate of drug-likeness (QED) is 0.576. The third kappa shape index (κ3) is 2.20. The van der Waals surface area contributed by atoms with Gasteiger partial charge in [-0.25, -0.2) is 0 Å². The van der Waals surface area contributed by atoms with Crippen LogP contribution in [0.3, 0.4) is 0 Å². The van der Waals surface area contributed by atoms with E-state index in [4.69, 9.17) is 0 Å². The maximum absolute atomic E-state index is 3.56. The first-order chi connectivity index (χ1) is 5.91. The summed E-state index contributed by atoms with van der Waals surface area (Å²) in [4.78, 5) is 0. The maximum atomic E-state index is 3.56. The van der Waals surface area contributed by atoms with Crippen LogP contribution < -0.4 is 10.6 Å². The van der Waals surface area contributed by atoms with Crippen LogP contribution in [0.4, 0.5) is 0 Å². The average molecular weight is 170 g/mol. The molecule has 0 aromatic carbocycles. The van der Waals surface area contributed by atoms with Gasteiger partial charge in [0.05, 0.1) is 0 Å². The lowest BCUT2D eigenvalue weighted by Gasteiger charge is -2.42. The lowest BCUT2D eigenvalue weighted by Crippen LogP contribution is -2.57. The Labute approximate surface area is 76.1 Å². The highest BCUT2D eigenvalue weighted by Crippen LogP contribution is 2.28. The molecule has 1 atom stereocenters. The minimum Gasteiger partial charge on any atom is -0.317 e. The van der Waals surface area contributed by atoms with E-state index >= 15 is 0 Å². The molecule has 72 valence electrons. The lowest BCUT2D eigenvalue weighted by atomic mass is 9.81. The van der Waals surface area contributed by atoms with Crippen molar-refractivity contribution in [1.29, 1.82) is 0 Å². The van der Waals surface area contributed by atoms with Crippen LogP contribution in [0.1, 0.15) is 39.5 Å². The molecule has 2 rings (SSSR count). The van der Waals surface area contributed by atoms with Crippen LogP contribution in [-0.2, 0) is 0 Å². The SMILES string of the molecule is C1CNCCC2(C1)CCN2.CC. The van der Waals surface area contributed by atoms with E-state index in [1.54, 1.807) is 0 Å². The van der Waals surface area contributed by atoms with Gasteiger partial charge in [0.25, 0.3) is 0 Å². The van der Waals surface area contributed by atoms with Gasteiger partial charge in [-0.2, -0.15) is 0 Å². The molecule has 0 saturated carbocycles. The highest BCUT2D eigenvalue weighted by molar-refractivity contribution is 4.97. The molecule has 2 heteroatoms. The molecule has 1 unspecified atom stereocenters. The smallest absolute Gasteiger partial charge is 0.0206 e. The van der Waals surface area contributed by atoms with Gasteiger partial charge in [-0.15, -0.1) is 0 Å². The normalized spacial score (nSPS) is 34.5. The highest BCUT2D eigenvalue weighted by Gasteiger charge is 2.35. The lowest BCUT2D eigenvalue weighted by molar-refractivity contribution is 0.185. The fraction of sp³-hybridized carbons (Fsp3) is 1.00. The number of hydrogen-bond acceptors (Lipinski definition) is 2. The zero-order valence-electron chi connectivity index (χ0n) is 8.45. The molecule has 2 aliphatic heterocycles. The van der Waals surface area contributed by atoms with Gasteiger partial charge in [0.15, 0.2) is 0 Å². The Morgan fingerprint density at radius 3 is 2.25 bits per heavy atom. The van der Waals surface area contributed by atoms with Crippen LogP contribution in [0.5, 0.6) is 0 Å². The van der Waals surface area contributed by atoms with E-state index < -0.39 is 0 Å². The van der Waals surface area contributed by atoms with Crippen LogP contribution in [0, 0.1) is 0 Å². The predicted molar refractivity (Wildman–Crippen MR) is 53.4 cm³/mol. The van der Waals surface area contributed by atoms with Gasteiger partial charge in [0, 0.05) is 5.54 Å². The summed E-state index contributed by atoms with van der Waals surface area (Å²) >= 11 is 0. The second-order valence-electron chi connectivity index (χ2n) is 3.56. The third-order valence-corrected chi connectivity index (χ3v) is 2.89. The Hall–Kier alpha value is -0.0800. The van der Waals surface area contributed by atoms with E-state index in [1.807, 2.05) is 13.8 Å². The molecule has 2 fully saturated rings. The molecule has 2 saturated heterocycles. The molecule has 0 aromatic heterocycles. The number of nitrogens with one attached hydrogen (secondary N) is 2. The summed E-state index contributed by atoms with van der Waals surface area (Å²) in [5, 5.41) is 6.99. The molecular weight excluding hydrogens is 148 g/mol. The van der Waals surface area contributed by atoms with Crippen LogP contribution >= 0.6 is 0 Å². The summed E-state index contributed by atoms with van der Waals surface area (Å²) < 4.78 is 0. The fourth-order valence-corrected chi connectivity index (χ4v) is 2.03. The van der Waals surface area contributed by atoms with Crippen molar-refractivity contribution in [3.63, 3.8) is 0 Å². The van der Waals surface area contributed by atoms with Crippen molar-refractivity contribution in [3.8, 4) is 0 Å². The molecule has 2 nitrogen and oxygen atoms in total. The first-order valence-electron chi connectivity index (χ1n) is 5.37. The molecule has 2 N–H and O–H groups in total. The molecule has 0 aromatic rings. The standard InChI is InChI=1S/C8H16N2.C2H6/c1-2-8(4-7-10-8)3-6-9-5-1;1-2/h9-10H,1-7H2;1-2H3. The van der Waals surface area contributed by atoms with Gasteiger partial charge < -0.3 is 10.6 Å². The van der Waals surface area contributed by atoms with Crippen LogP contribution in [0.15, 0.2) is 0 Å². The average Bonchev–Trinajstić information content (AvgIpc) is 2.31. The Morgan fingerprint density at radius 1 is 0.917 bits per heavy atom. The maximum Gasteiger partial charge on any atom is 0.0206 e. The van der Waals surface area contributed by atoms with E-state index in [2.05, 4.69) is 10.6 Å². The Balaban J connectivity index is 0.000000336. The molecule has 1 spiro atoms. The van der Waals surface area contributed by atoms with Crippen LogP contribution in [0.25, 0.3) is 0 Å². The molecular formula is C10H22N2. The van der Waals surface area contributed by atoms with Gasteiger partial charge in [-0.1, -0.05) is 13.8 Å². The minimum absolute atomic E-state index is 0.573. The third-order valence-electron chi connectivity index (χ3n) is 2.89. The summed E-state index contributed by atoms with van der Waals surface area (Å²) in [6.07, 6.45) is 5.49. The topological polar surface area (TPSA) is 24.1 Å². The fourth-order valence-electron chi connectivity index (χ4n) is 2.03. The van der Waals surface area contributed by atoms with Crippen LogP contribution in [-0.4, -0.2) is 25.2 Å². The van der Waals surface area contributed by atoms with Crippen LogP contribution in [0.2, 0.25) is 0 Å². The Morgan fingerprint density at radius 2 is 1.67 bits per heavy atom. The van der Waals surface area contributed by atoms with Crippen molar-refractivity contribution in [2.24, 2.45) is 0 Å². The molecule has 0 radical (unpaired) electrons. The highest BCUT2D eigenvalue weighted by atomic mass is 15.1. The van der Waals surface area contributed by atoms with Gasteiger partial charge in [0.1, 0.15) is 0 Å². The Bertz CT molecular complexity index is 109. The molecule has 0 amide bonds. The van der Waals surface area contributed by atoms with E-state index in [1.165, 1.54) is 45.3 Å². The van der Waals surface area contributed by atoms with Crippen molar-refractivity contribution in [1.82, 2.24) is 10.6 Å². The Kier molecular flexibility index (Phi) is 4.02. The molecule has 2 aliphatic rings. The largest absolute Gasteiger partial charge is 0.317 e. The van der Waals surface area contributed by atoms with Gasteiger partial charge in [-0.05, 0) is 45.3 Å². The number of hydrogen-bond donors (Lipinski definition) is 2. The minimum atomic E-state index is 0.573. The zero-order valence-corrected chi connectivity index (χ0v) is 8.45. The van der Waals surface area contributed by atoms with E-state index in [-0.39, 0.29) is 0 Å². The van der Waals surface area contributed by atoms with Crippen molar-refractivity contribution < 1.29 is 0 Å². The van der Waals surface area contributed by atoms with Crippen molar-refractivity contribution in [2.75, 3.05) is 19.6 Å². The first kappa shape index (κ1) is 10.0. The monoisotopic (exact) mass is 170 g/mol. The predicted octanol–water partition coefficient (Wildman–Crippen LogP) is 1.52. The second-order valence-corrected chi connectivity index (χ2v) is 3.56. The molecule has 2 heterocycles. The van der Waals surface area contributed by atoms with Gasteiger partial charge in [0.2, 0.25) is 0 Å². The molecule has 0 bridgehead atoms. The number of rotatable bonds is 0. The summed E-state index contributed by atoms with van der Waals surface area (Å²) in [6.45, 7) is 7.69.